The van der Waals surface area contributed by atoms with E-state index in [0.29, 0.717) is 18.0 Å². The van der Waals surface area contributed by atoms with Crippen molar-refractivity contribution >= 4 is 5.91 Å². The Morgan fingerprint density at radius 1 is 1.40 bits per heavy atom. The molecule has 0 bridgehead atoms. The van der Waals surface area contributed by atoms with Crippen molar-refractivity contribution in [3.8, 4) is 0 Å². The lowest BCUT2D eigenvalue weighted by Gasteiger charge is -2.26. The molecular formula is C12H22N2O. The van der Waals surface area contributed by atoms with Crippen LogP contribution in [0.3, 0.4) is 0 Å². The number of nitrogens with zero attached hydrogens (tertiary/aromatic N) is 1. The molecule has 15 heavy (non-hydrogen) atoms. The third-order valence-electron chi connectivity index (χ3n) is 3.58. The van der Waals surface area contributed by atoms with Crippen LogP contribution in [0.5, 0.6) is 0 Å². The van der Waals surface area contributed by atoms with Crippen molar-refractivity contribution in [2.24, 2.45) is 5.92 Å². The van der Waals surface area contributed by atoms with Crippen molar-refractivity contribution in [3.63, 3.8) is 0 Å². The van der Waals surface area contributed by atoms with Crippen molar-refractivity contribution in [1.29, 1.82) is 0 Å². The van der Waals surface area contributed by atoms with Gasteiger partial charge in [0, 0.05) is 18.6 Å². The molecule has 1 aliphatic carbocycles. The predicted octanol–water partition coefficient (Wildman–Crippen LogP) is 1.39. The van der Waals surface area contributed by atoms with E-state index in [1.54, 1.807) is 0 Å². The molecule has 0 spiro atoms. The molecule has 1 saturated heterocycles. The van der Waals surface area contributed by atoms with Crippen LogP contribution in [-0.4, -0.2) is 36.0 Å². The Morgan fingerprint density at radius 2 is 2.13 bits per heavy atom. The quantitative estimate of drug-likeness (QED) is 0.760. The second-order valence-electron chi connectivity index (χ2n) is 4.90. The van der Waals surface area contributed by atoms with Gasteiger partial charge in [-0.25, -0.2) is 0 Å². The second-order valence-corrected chi connectivity index (χ2v) is 4.90. The Labute approximate surface area is 92.2 Å². The molecule has 2 rings (SSSR count). The van der Waals surface area contributed by atoms with Crippen LogP contribution in [0.2, 0.25) is 0 Å². The third-order valence-corrected chi connectivity index (χ3v) is 3.58. The number of carbonyl (C=O) groups is 1. The van der Waals surface area contributed by atoms with Gasteiger partial charge < -0.3 is 10.2 Å². The number of rotatable bonds is 4. The standard InChI is InChI=1S/C12H22N2O/c1-3-8-14(10-4-5-10)12(15)11-6-7-13-9(11)2/h9-11,13H,3-8H2,1-2H3. The highest BCUT2D eigenvalue weighted by molar-refractivity contribution is 5.80. The maximum atomic E-state index is 12.3. The minimum atomic E-state index is 0.233. The number of nitrogens with one attached hydrogen (secondary N) is 1. The van der Waals surface area contributed by atoms with Crippen LogP contribution in [0.4, 0.5) is 0 Å². The molecule has 1 amide bonds. The number of hydrogen-bond acceptors (Lipinski definition) is 2. The molecule has 1 saturated carbocycles. The molecule has 0 radical (unpaired) electrons. The van der Waals surface area contributed by atoms with Crippen LogP contribution in [0.25, 0.3) is 0 Å². The smallest absolute Gasteiger partial charge is 0.227 e. The Hall–Kier alpha value is -0.570. The highest BCUT2D eigenvalue weighted by atomic mass is 16.2. The molecule has 1 N–H and O–H groups in total. The fraction of sp³-hybridized carbons (Fsp3) is 0.917. The van der Waals surface area contributed by atoms with E-state index in [1.165, 1.54) is 12.8 Å². The van der Waals surface area contributed by atoms with Crippen LogP contribution in [0.15, 0.2) is 0 Å². The van der Waals surface area contributed by atoms with Crippen LogP contribution < -0.4 is 5.32 Å². The number of amides is 1. The van der Waals surface area contributed by atoms with Gasteiger partial charge in [-0.1, -0.05) is 6.92 Å². The molecule has 86 valence electrons. The molecular weight excluding hydrogens is 188 g/mol. The van der Waals surface area contributed by atoms with Gasteiger partial charge in [-0.2, -0.15) is 0 Å². The molecule has 0 aromatic rings. The zero-order valence-electron chi connectivity index (χ0n) is 9.83. The van der Waals surface area contributed by atoms with Crippen molar-refractivity contribution in [1.82, 2.24) is 10.2 Å². The summed E-state index contributed by atoms with van der Waals surface area (Å²) in [5, 5.41) is 3.36. The lowest BCUT2D eigenvalue weighted by Crippen LogP contribution is -2.41. The summed E-state index contributed by atoms with van der Waals surface area (Å²) in [5.74, 6) is 0.633. The van der Waals surface area contributed by atoms with Gasteiger partial charge in [-0.3, -0.25) is 4.79 Å². The maximum Gasteiger partial charge on any atom is 0.227 e. The third kappa shape index (κ3) is 2.33. The Bertz CT molecular complexity index is 238. The maximum absolute atomic E-state index is 12.3. The fourth-order valence-electron chi connectivity index (χ4n) is 2.51. The first-order chi connectivity index (χ1) is 7.24. The van der Waals surface area contributed by atoms with Crippen LogP contribution >= 0.6 is 0 Å². The van der Waals surface area contributed by atoms with E-state index in [1.807, 2.05) is 0 Å². The van der Waals surface area contributed by atoms with Crippen molar-refractivity contribution in [2.45, 2.75) is 51.6 Å². The van der Waals surface area contributed by atoms with Crippen molar-refractivity contribution < 1.29 is 4.79 Å². The van der Waals surface area contributed by atoms with Crippen LogP contribution in [0.1, 0.15) is 39.5 Å². The summed E-state index contributed by atoms with van der Waals surface area (Å²) in [4.78, 5) is 14.4. The molecule has 0 aromatic heterocycles. The predicted molar refractivity (Wildman–Crippen MR) is 60.6 cm³/mol. The molecule has 2 unspecified atom stereocenters. The zero-order valence-corrected chi connectivity index (χ0v) is 9.83. The van der Waals surface area contributed by atoms with E-state index in [4.69, 9.17) is 0 Å². The number of carbonyl (C=O) groups excluding carboxylic acids is 1. The lowest BCUT2D eigenvalue weighted by molar-refractivity contribution is -0.136. The summed E-state index contributed by atoms with van der Waals surface area (Å²) in [6, 6.07) is 0.945. The summed E-state index contributed by atoms with van der Waals surface area (Å²) in [5.41, 5.74) is 0. The average molecular weight is 210 g/mol. The van der Waals surface area contributed by atoms with Crippen LogP contribution in [0, 0.1) is 5.92 Å². The normalized spacial score (nSPS) is 30.5. The monoisotopic (exact) mass is 210 g/mol. The zero-order chi connectivity index (χ0) is 10.8. The fourth-order valence-corrected chi connectivity index (χ4v) is 2.51. The van der Waals surface area contributed by atoms with Gasteiger partial charge in [0.15, 0.2) is 0 Å². The first-order valence-corrected chi connectivity index (χ1v) is 6.28. The van der Waals surface area contributed by atoms with Gasteiger partial charge in [0.2, 0.25) is 5.91 Å². The van der Waals surface area contributed by atoms with Crippen LogP contribution in [-0.2, 0) is 4.79 Å². The van der Waals surface area contributed by atoms with Crippen molar-refractivity contribution in [3.05, 3.63) is 0 Å². The Balaban J connectivity index is 1.96. The van der Waals surface area contributed by atoms with Gasteiger partial charge in [-0.05, 0) is 39.2 Å². The average Bonchev–Trinajstić information content (AvgIpc) is 2.97. The minimum Gasteiger partial charge on any atom is -0.339 e. The Kier molecular flexibility index (Phi) is 3.29. The van der Waals surface area contributed by atoms with Gasteiger partial charge in [0.25, 0.3) is 0 Å². The van der Waals surface area contributed by atoms with Gasteiger partial charge >= 0.3 is 0 Å². The summed E-state index contributed by atoms with van der Waals surface area (Å²) in [6.45, 7) is 6.24. The van der Waals surface area contributed by atoms with E-state index >= 15 is 0 Å². The molecule has 2 atom stereocenters. The molecule has 0 aromatic carbocycles. The summed E-state index contributed by atoms with van der Waals surface area (Å²) in [6.07, 6.45) is 4.55. The van der Waals surface area contributed by atoms with E-state index in [-0.39, 0.29) is 5.92 Å². The summed E-state index contributed by atoms with van der Waals surface area (Å²) in [7, 11) is 0. The van der Waals surface area contributed by atoms with Crippen molar-refractivity contribution in [2.75, 3.05) is 13.1 Å². The second kappa shape index (κ2) is 4.52. The highest BCUT2D eigenvalue weighted by Gasteiger charge is 2.38. The van der Waals surface area contributed by atoms with E-state index in [0.717, 1.165) is 25.9 Å². The van der Waals surface area contributed by atoms with E-state index in [9.17, 15) is 4.79 Å². The largest absolute Gasteiger partial charge is 0.339 e. The van der Waals surface area contributed by atoms with E-state index < -0.39 is 0 Å². The summed E-state index contributed by atoms with van der Waals surface area (Å²) >= 11 is 0. The minimum absolute atomic E-state index is 0.233. The molecule has 2 fully saturated rings. The Morgan fingerprint density at radius 3 is 2.60 bits per heavy atom. The lowest BCUT2D eigenvalue weighted by atomic mass is 10.00. The SMILES string of the molecule is CCCN(C(=O)C1CCNC1C)C1CC1. The van der Waals surface area contributed by atoms with E-state index in [2.05, 4.69) is 24.1 Å². The molecule has 2 aliphatic rings. The molecule has 3 nitrogen and oxygen atoms in total. The topological polar surface area (TPSA) is 32.3 Å². The first-order valence-electron chi connectivity index (χ1n) is 6.28. The van der Waals surface area contributed by atoms with Gasteiger partial charge in [0.1, 0.15) is 0 Å². The molecule has 1 aliphatic heterocycles. The molecule has 3 heteroatoms. The first kappa shape index (κ1) is 10.9. The van der Waals surface area contributed by atoms with Gasteiger partial charge in [0.05, 0.1) is 5.92 Å². The highest BCUT2D eigenvalue weighted by Crippen LogP contribution is 2.30. The molecule has 1 heterocycles. The number of hydrogen-bond donors (Lipinski definition) is 1. The summed E-state index contributed by atoms with van der Waals surface area (Å²) < 4.78 is 0. The van der Waals surface area contributed by atoms with Gasteiger partial charge in [-0.15, -0.1) is 0 Å².